The Morgan fingerprint density at radius 3 is 2.82 bits per heavy atom. The zero-order valence-electron chi connectivity index (χ0n) is 10.8. The molecule has 1 N–H and O–H groups in total. The fourth-order valence-electron chi connectivity index (χ4n) is 3.10. The van der Waals surface area contributed by atoms with E-state index < -0.39 is 0 Å². The standard InChI is InChI=1S/C13H20BrN3/c1-13(2,3)11-10(14)12-15-7-8-5-4-6-9(8)17(12)16-11/h8-9,15H,4-7H2,1-3H3. The number of nitrogens with zero attached hydrogens (tertiary/aromatic N) is 2. The molecule has 1 saturated carbocycles. The maximum absolute atomic E-state index is 4.87. The molecule has 1 aromatic heterocycles. The summed E-state index contributed by atoms with van der Waals surface area (Å²) in [5.41, 5.74) is 1.27. The van der Waals surface area contributed by atoms with Crippen molar-refractivity contribution in [3.8, 4) is 0 Å². The Labute approximate surface area is 111 Å². The quantitative estimate of drug-likeness (QED) is 0.791. The van der Waals surface area contributed by atoms with Gasteiger partial charge >= 0.3 is 0 Å². The fourth-order valence-corrected chi connectivity index (χ4v) is 4.09. The van der Waals surface area contributed by atoms with E-state index in [0.717, 1.165) is 16.9 Å². The number of fused-ring (bicyclic) bond motifs is 3. The number of hydrogen-bond donors (Lipinski definition) is 1. The summed E-state index contributed by atoms with van der Waals surface area (Å²) in [5, 5.41) is 8.42. The second-order valence-corrected chi connectivity index (χ2v) is 7.14. The number of anilines is 1. The number of rotatable bonds is 0. The molecule has 3 rings (SSSR count). The smallest absolute Gasteiger partial charge is 0.139 e. The van der Waals surface area contributed by atoms with Crippen molar-refractivity contribution in [1.29, 1.82) is 0 Å². The normalized spacial score (nSPS) is 27.5. The molecule has 2 aliphatic rings. The van der Waals surface area contributed by atoms with Crippen LogP contribution in [-0.4, -0.2) is 16.3 Å². The second-order valence-electron chi connectivity index (χ2n) is 6.34. The third-order valence-electron chi connectivity index (χ3n) is 4.03. The molecule has 3 nitrogen and oxygen atoms in total. The van der Waals surface area contributed by atoms with Crippen molar-refractivity contribution >= 4 is 21.7 Å². The highest BCUT2D eigenvalue weighted by atomic mass is 79.9. The van der Waals surface area contributed by atoms with Gasteiger partial charge in [-0.25, -0.2) is 4.68 Å². The Bertz CT molecular complexity index is 444. The SMILES string of the molecule is CC(C)(C)c1nn2c(c1Br)NCC1CCCC12. The maximum Gasteiger partial charge on any atom is 0.139 e. The van der Waals surface area contributed by atoms with Gasteiger partial charge in [-0.3, -0.25) is 0 Å². The molecule has 0 amide bonds. The summed E-state index contributed by atoms with van der Waals surface area (Å²) in [5.74, 6) is 1.97. The van der Waals surface area contributed by atoms with Crippen LogP contribution in [0.25, 0.3) is 0 Å². The van der Waals surface area contributed by atoms with Gasteiger partial charge in [-0.15, -0.1) is 0 Å². The van der Waals surface area contributed by atoms with E-state index in [4.69, 9.17) is 5.10 Å². The molecule has 0 saturated heterocycles. The van der Waals surface area contributed by atoms with Gasteiger partial charge in [0.2, 0.25) is 0 Å². The average molecular weight is 298 g/mol. The van der Waals surface area contributed by atoms with Crippen LogP contribution in [0.5, 0.6) is 0 Å². The minimum absolute atomic E-state index is 0.0962. The van der Waals surface area contributed by atoms with Gasteiger partial charge in [0.05, 0.1) is 16.2 Å². The Kier molecular flexibility index (Phi) is 2.55. The second kappa shape index (κ2) is 3.74. The van der Waals surface area contributed by atoms with Crippen LogP contribution in [0.2, 0.25) is 0 Å². The topological polar surface area (TPSA) is 29.9 Å². The summed E-state index contributed by atoms with van der Waals surface area (Å²) in [7, 11) is 0. The molecular weight excluding hydrogens is 278 g/mol. The third kappa shape index (κ3) is 1.72. The molecule has 1 fully saturated rings. The molecule has 0 spiro atoms. The molecule has 4 heteroatoms. The van der Waals surface area contributed by atoms with Crippen LogP contribution in [0, 0.1) is 5.92 Å². The van der Waals surface area contributed by atoms with Crippen molar-refractivity contribution in [1.82, 2.24) is 9.78 Å². The molecule has 94 valence electrons. The minimum Gasteiger partial charge on any atom is -0.369 e. The number of hydrogen-bond acceptors (Lipinski definition) is 2. The summed E-state index contributed by atoms with van der Waals surface area (Å²) >= 11 is 3.72. The molecule has 2 heterocycles. The Hall–Kier alpha value is -0.510. The number of halogens is 1. The van der Waals surface area contributed by atoms with Gasteiger partial charge in [0.25, 0.3) is 0 Å². The predicted molar refractivity (Wildman–Crippen MR) is 73.5 cm³/mol. The van der Waals surface area contributed by atoms with E-state index in [1.165, 1.54) is 30.8 Å². The highest BCUT2D eigenvalue weighted by molar-refractivity contribution is 9.10. The van der Waals surface area contributed by atoms with E-state index >= 15 is 0 Å². The Morgan fingerprint density at radius 1 is 1.35 bits per heavy atom. The molecule has 1 aliphatic carbocycles. The van der Waals surface area contributed by atoms with E-state index in [0.29, 0.717) is 6.04 Å². The molecular formula is C13H20BrN3. The van der Waals surface area contributed by atoms with Gasteiger partial charge in [-0.1, -0.05) is 27.2 Å². The zero-order chi connectivity index (χ0) is 12.2. The molecule has 2 unspecified atom stereocenters. The van der Waals surface area contributed by atoms with Gasteiger partial charge in [0, 0.05) is 12.0 Å². The van der Waals surface area contributed by atoms with E-state index in [-0.39, 0.29) is 5.41 Å². The monoisotopic (exact) mass is 297 g/mol. The van der Waals surface area contributed by atoms with Crippen molar-refractivity contribution < 1.29 is 0 Å². The lowest BCUT2D eigenvalue weighted by Crippen LogP contribution is -2.29. The van der Waals surface area contributed by atoms with E-state index in [9.17, 15) is 0 Å². The summed E-state index contributed by atoms with van der Waals surface area (Å²) in [4.78, 5) is 0. The summed E-state index contributed by atoms with van der Waals surface area (Å²) in [6.07, 6.45) is 3.98. The largest absolute Gasteiger partial charge is 0.369 e. The highest BCUT2D eigenvalue weighted by Gasteiger charge is 2.37. The van der Waals surface area contributed by atoms with Gasteiger partial charge in [0.1, 0.15) is 5.82 Å². The predicted octanol–water partition coefficient (Wildman–Crippen LogP) is 3.71. The first-order valence-electron chi connectivity index (χ1n) is 6.51. The minimum atomic E-state index is 0.0962. The molecule has 1 aromatic rings. The highest BCUT2D eigenvalue weighted by Crippen LogP contribution is 2.45. The summed E-state index contributed by atoms with van der Waals surface area (Å²) in [6.45, 7) is 7.77. The van der Waals surface area contributed by atoms with Crippen LogP contribution in [0.1, 0.15) is 51.8 Å². The fraction of sp³-hybridized carbons (Fsp3) is 0.769. The van der Waals surface area contributed by atoms with Crippen LogP contribution >= 0.6 is 15.9 Å². The lowest BCUT2D eigenvalue weighted by molar-refractivity contribution is 0.342. The lowest BCUT2D eigenvalue weighted by Gasteiger charge is -2.28. The van der Waals surface area contributed by atoms with E-state index in [1.54, 1.807) is 0 Å². The molecule has 1 aliphatic heterocycles. The van der Waals surface area contributed by atoms with Crippen LogP contribution in [0.15, 0.2) is 4.47 Å². The van der Waals surface area contributed by atoms with Gasteiger partial charge in [-0.2, -0.15) is 5.10 Å². The van der Waals surface area contributed by atoms with Crippen molar-refractivity contribution in [2.24, 2.45) is 5.92 Å². The van der Waals surface area contributed by atoms with E-state index in [1.807, 2.05) is 0 Å². The van der Waals surface area contributed by atoms with Crippen molar-refractivity contribution in [3.05, 3.63) is 10.2 Å². The maximum atomic E-state index is 4.87. The number of nitrogens with one attached hydrogen (secondary N) is 1. The van der Waals surface area contributed by atoms with Gasteiger partial charge in [-0.05, 0) is 34.7 Å². The number of aromatic nitrogens is 2. The molecule has 0 bridgehead atoms. The zero-order valence-corrected chi connectivity index (χ0v) is 12.3. The molecule has 0 aromatic carbocycles. The van der Waals surface area contributed by atoms with Gasteiger partial charge in [0.15, 0.2) is 0 Å². The lowest BCUT2D eigenvalue weighted by atomic mass is 9.92. The first kappa shape index (κ1) is 11.6. The molecule has 0 radical (unpaired) electrons. The van der Waals surface area contributed by atoms with Crippen molar-refractivity contribution in [2.75, 3.05) is 11.9 Å². The van der Waals surface area contributed by atoms with Crippen molar-refractivity contribution in [2.45, 2.75) is 51.5 Å². The Balaban J connectivity index is 2.08. The Morgan fingerprint density at radius 2 is 2.12 bits per heavy atom. The van der Waals surface area contributed by atoms with Crippen LogP contribution < -0.4 is 5.32 Å². The third-order valence-corrected chi connectivity index (χ3v) is 4.78. The molecule has 2 atom stereocenters. The van der Waals surface area contributed by atoms with Crippen molar-refractivity contribution in [3.63, 3.8) is 0 Å². The van der Waals surface area contributed by atoms with Gasteiger partial charge < -0.3 is 5.32 Å². The van der Waals surface area contributed by atoms with E-state index in [2.05, 4.69) is 46.7 Å². The average Bonchev–Trinajstić information content (AvgIpc) is 2.80. The first-order valence-corrected chi connectivity index (χ1v) is 7.30. The summed E-state index contributed by atoms with van der Waals surface area (Å²) < 4.78 is 3.40. The van der Waals surface area contributed by atoms with Crippen LogP contribution in [-0.2, 0) is 5.41 Å². The van der Waals surface area contributed by atoms with Crippen LogP contribution in [0.3, 0.4) is 0 Å². The van der Waals surface area contributed by atoms with Crippen LogP contribution in [0.4, 0.5) is 5.82 Å². The first-order chi connectivity index (χ1) is 7.98. The summed E-state index contributed by atoms with van der Waals surface area (Å²) in [6, 6.07) is 0.624. The molecule has 17 heavy (non-hydrogen) atoms.